The van der Waals surface area contributed by atoms with Crippen LogP contribution in [0.4, 0.5) is 17.6 Å². The summed E-state index contributed by atoms with van der Waals surface area (Å²) in [6.45, 7) is 0.506. The Balaban J connectivity index is 2.48. The molecule has 0 N–H and O–H groups in total. The SMILES string of the molecule is COC(=O)C1C[C@@H](S(=O)(=O)c2ccc(F)cc2C(F)(F)F)CN1C(=O)CC(C)=O. The van der Waals surface area contributed by atoms with Gasteiger partial charge in [-0.1, -0.05) is 0 Å². The number of carbonyl (C=O) groups excluding carboxylic acids is 3. The van der Waals surface area contributed by atoms with Crippen LogP contribution >= 0.6 is 0 Å². The number of carbonyl (C=O) groups is 3. The fraction of sp³-hybridized carbons (Fsp3) is 0.471. The summed E-state index contributed by atoms with van der Waals surface area (Å²) in [5.74, 6) is -3.62. The van der Waals surface area contributed by atoms with E-state index in [9.17, 15) is 40.4 Å². The van der Waals surface area contributed by atoms with Crippen molar-refractivity contribution in [2.45, 2.75) is 42.1 Å². The molecule has 1 unspecified atom stereocenters. The lowest BCUT2D eigenvalue weighted by molar-refractivity contribution is -0.151. The first-order valence-electron chi connectivity index (χ1n) is 8.26. The molecule has 0 aromatic heterocycles. The molecule has 1 amide bonds. The fourth-order valence-electron chi connectivity index (χ4n) is 3.12. The van der Waals surface area contributed by atoms with Crippen LogP contribution in [-0.4, -0.2) is 55.9 Å². The third-order valence-electron chi connectivity index (χ3n) is 4.45. The summed E-state index contributed by atoms with van der Waals surface area (Å²) in [5.41, 5.74) is -1.68. The fourth-order valence-corrected chi connectivity index (χ4v) is 5.01. The van der Waals surface area contributed by atoms with E-state index in [0.717, 1.165) is 18.9 Å². The maximum absolute atomic E-state index is 13.3. The van der Waals surface area contributed by atoms with Crippen molar-refractivity contribution in [3.8, 4) is 0 Å². The molecule has 1 aromatic rings. The summed E-state index contributed by atoms with van der Waals surface area (Å²) < 4.78 is 83.3. The van der Waals surface area contributed by atoms with Gasteiger partial charge in [-0.25, -0.2) is 17.6 Å². The van der Waals surface area contributed by atoms with E-state index in [1.807, 2.05) is 0 Å². The minimum Gasteiger partial charge on any atom is -0.467 e. The Morgan fingerprint density at radius 3 is 2.38 bits per heavy atom. The molecule has 0 bridgehead atoms. The van der Waals surface area contributed by atoms with Gasteiger partial charge in [-0.15, -0.1) is 0 Å². The maximum Gasteiger partial charge on any atom is 0.417 e. The van der Waals surface area contributed by atoms with Crippen LogP contribution in [0.2, 0.25) is 0 Å². The van der Waals surface area contributed by atoms with Gasteiger partial charge in [0.05, 0.1) is 29.2 Å². The number of likely N-dealkylation sites (tertiary alicyclic amines) is 1. The lowest BCUT2D eigenvalue weighted by atomic mass is 10.2. The van der Waals surface area contributed by atoms with Crippen molar-refractivity contribution >= 4 is 27.5 Å². The monoisotopic (exact) mass is 439 g/mol. The van der Waals surface area contributed by atoms with Crippen molar-refractivity contribution < 1.29 is 45.1 Å². The number of ketones is 1. The number of nitrogens with zero attached hydrogens (tertiary/aromatic N) is 1. The van der Waals surface area contributed by atoms with Crippen LogP contribution < -0.4 is 0 Å². The zero-order chi connectivity index (χ0) is 22.1. The highest BCUT2D eigenvalue weighted by molar-refractivity contribution is 7.92. The molecule has 1 fully saturated rings. The second-order valence-corrected chi connectivity index (χ2v) is 8.70. The van der Waals surface area contributed by atoms with Gasteiger partial charge in [0.1, 0.15) is 17.6 Å². The quantitative estimate of drug-likeness (QED) is 0.300. The molecule has 0 spiro atoms. The van der Waals surface area contributed by atoms with E-state index in [-0.39, 0.29) is 6.07 Å². The Kier molecular flexibility index (Phi) is 6.36. The van der Waals surface area contributed by atoms with Crippen molar-refractivity contribution in [2.24, 2.45) is 0 Å². The van der Waals surface area contributed by atoms with Gasteiger partial charge >= 0.3 is 12.1 Å². The maximum atomic E-state index is 13.3. The molecule has 29 heavy (non-hydrogen) atoms. The predicted molar refractivity (Wildman–Crippen MR) is 89.8 cm³/mol. The molecule has 2 atom stereocenters. The Morgan fingerprint density at radius 2 is 1.86 bits per heavy atom. The number of alkyl halides is 3. The Bertz CT molecular complexity index is 944. The predicted octanol–water partition coefficient (Wildman–Crippen LogP) is 1.74. The normalized spacial score (nSPS) is 19.9. The standard InChI is InChI=1S/C17H17F4NO6S/c1-9(23)5-15(24)22-8-11(7-13(22)16(25)28-2)29(26,27)14-4-3-10(18)6-12(14)17(19,20)21/h3-4,6,11,13H,5,7-8H2,1-2H3/t11-,13?/m1/s1. The summed E-state index contributed by atoms with van der Waals surface area (Å²) in [6.07, 6.45) is -6.27. The number of hydrogen-bond donors (Lipinski definition) is 0. The number of rotatable bonds is 5. The molecule has 1 aliphatic rings. The van der Waals surface area contributed by atoms with Gasteiger partial charge in [-0.2, -0.15) is 13.2 Å². The van der Waals surface area contributed by atoms with Gasteiger partial charge in [0.25, 0.3) is 0 Å². The van der Waals surface area contributed by atoms with Gasteiger partial charge in [-0.3, -0.25) is 9.59 Å². The average Bonchev–Trinajstić information content (AvgIpc) is 3.05. The van der Waals surface area contributed by atoms with Gasteiger partial charge in [0.2, 0.25) is 5.91 Å². The second kappa shape index (κ2) is 8.09. The lowest BCUT2D eigenvalue weighted by Gasteiger charge is -2.22. The highest BCUT2D eigenvalue weighted by atomic mass is 32.2. The number of hydrogen-bond acceptors (Lipinski definition) is 6. The number of ether oxygens (including phenoxy) is 1. The molecule has 1 heterocycles. The first kappa shape index (κ1) is 22.8. The second-order valence-electron chi connectivity index (χ2n) is 6.50. The highest BCUT2D eigenvalue weighted by Gasteiger charge is 2.48. The van der Waals surface area contributed by atoms with Gasteiger partial charge < -0.3 is 9.64 Å². The van der Waals surface area contributed by atoms with Gasteiger partial charge in [0, 0.05) is 6.54 Å². The number of esters is 1. The van der Waals surface area contributed by atoms with E-state index in [1.165, 1.54) is 0 Å². The van der Waals surface area contributed by atoms with Crippen LogP contribution in [0.15, 0.2) is 23.1 Å². The number of sulfone groups is 1. The molecule has 160 valence electrons. The third kappa shape index (κ3) is 4.74. The van der Waals surface area contributed by atoms with Crippen molar-refractivity contribution in [1.29, 1.82) is 0 Å². The molecule has 0 aliphatic carbocycles. The molecule has 7 nitrogen and oxygen atoms in total. The molecular weight excluding hydrogens is 422 g/mol. The van der Waals surface area contributed by atoms with Gasteiger partial charge in [0.15, 0.2) is 9.84 Å². The lowest BCUT2D eigenvalue weighted by Crippen LogP contribution is -2.41. The van der Waals surface area contributed by atoms with Gasteiger partial charge in [-0.05, 0) is 31.5 Å². The average molecular weight is 439 g/mol. The molecule has 1 aromatic carbocycles. The van der Waals surface area contributed by atoms with E-state index in [4.69, 9.17) is 0 Å². The van der Waals surface area contributed by atoms with Crippen LogP contribution in [0.1, 0.15) is 25.3 Å². The van der Waals surface area contributed by atoms with Crippen molar-refractivity contribution in [1.82, 2.24) is 4.90 Å². The Hall–Kier alpha value is -2.50. The van der Waals surface area contributed by atoms with Crippen LogP contribution in [0, 0.1) is 5.82 Å². The van der Waals surface area contributed by atoms with E-state index in [1.54, 1.807) is 0 Å². The molecule has 2 rings (SSSR count). The number of Topliss-reactive ketones (excluding diaryl/α,β-unsaturated/α-hetero) is 1. The third-order valence-corrected chi connectivity index (χ3v) is 6.64. The number of amides is 1. The van der Waals surface area contributed by atoms with Crippen LogP contribution in [0.5, 0.6) is 0 Å². The summed E-state index contributed by atoms with van der Waals surface area (Å²) in [7, 11) is -3.71. The first-order valence-corrected chi connectivity index (χ1v) is 9.81. The highest BCUT2D eigenvalue weighted by Crippen LogP contribution is 2.38. The largest absolute Gasteiger partial charge is 0.467 e. The van der Waals surface area contributed by atoms with E-state index in [0.29, 0.717) is 12.1 Å². The summed E-state index contributed by atoms with van der Waals surface area (Å²) in [6, 6.07) is -0.228. The summed E-state index contributed by atoms with van der Waals surface area (Å²) >= 11 is 0. The Morgan fingerprint density at radius 1 is 1.24 bits per heavy atom. The van der Waals surface area contributed by atoms with Crippen LogP contribution in [-0.2, 0) is 35.1 Å². The van der Waals surface area contributed by atoms with E-state index >= 15 is 0 Å². The molecule has 0 saturated carbocycles. The smallest absolute Gasteiger partial charge is 0.417 e. The zero-order valence-corrected chi connectivity index (χ0v) is 16.1. The van der Waals surface area contributed by atoms with Crippen LogP contribution in [0.3, 0.4) is 0 Å². The minimum absolute atomic E-state index is 0.0678. The molecular formula is C17H17F4NO6S. The van der Waals surface area contributed by atoms with Crippen LogP contribution in [0.25, 0.3) is 0 Å². The molecule has 0 radical (unpaired) electrons. The number of methoxy groups -OCH3 is 1. The minimum atomic E-state index is -5.14. The topological polar surface area (TPSA) is 97.8 Å². The number of halogens is 4. The van der Waals surface area contributed by atoms with E-state index in [2.05, 4.69) is 4.74 Å². The first-order chi connectivity index (χ1) is 13.3. The molecule has 1 aliphatic heterocycles. The Labute approximate surface area is 163 Å². The summed E-state index contributed by atoms with van der Waals surface area (Å²) in [5, 5.41) is -1.57. The summed E-state index contributed by atoms with van der Waals surface area (Å²) in [4.78, 5) is 35.1. The van der Waals surface area contributed by atoms with Crippen molar-refractivity contribution in [3.05, 3.63) is 29.6 Å². The molecule has 1 saturated heterocycles. The zero-order valence-electron chi connectivity index (χ0n) is 15.3. The number of benzene rings is 1. The van der Waals surface area contributed by atoms with E-state index < -0.39 is 80.6 Å². The van der Waals surface area contributed by atoms with Crippen molar-refractivity contribution in [2.75, 3.05) is 13.7 Å². The molecule has 12 heteroatoms. The van der Waals surface area contributed by atoms with Crippen molar-refractivity contribution in [3.63, 3.8) is 0 Å².